The maximum Gasteiger partial charge on any atom is 0.272 e. The van der Waals surface area contributed by atoms with Gasteiger partial charge < -0.3 is 14.6 Å². The van der Waals surface area contributed by atoms with Gasteiger partial charge in [0.15, 0.2) is 0 Å². The highest BCUT2D eigenvalue weighted by Crippen LogP contribution is 2.30. The first-order valence-corrected chi connectivity index (χ1v) is 12.6. The second-order valence-corrected chi connectivity index (χ2v) is 11.0. The zero-order valence-corrected chi connectivity index (χ0v) is 19.2. The van der Waals surface area contributed by atoms with Gasteiger partial charge in [-0.3, -0.25) is 4.79 Å². The number of aryl methyl sites for hydroxylation is 1. The molecular formula is C19H26N4O6S2. The van der Waals surface area contributed by atoms with Gasteiger partial charge in [-0.1, -0.05) is 6.42 Å². The minimum absolute atomic E-state index is 0.0517. The summed E-state index contributed by atoms with van der Waals surface area (Å²) < 4.78 is 60.3. The van der Waals surface area contributed by atoms with Crippen LogP contribution in [0.15, 0.2) is 40.3 Å². The molecule has 1 amide bonds. The third-order valence-corrected chi connectivity index (χ3v) is 8.44. The molecule has 0 atom stereocenters. The quantitative estimate of drug-likeness (QED) is 0.629. The number of aromatic nitrogens is 1. The molecule has 170 valence electrons. The van der Waals surface area contributed by atoms with E-state index in [1.54, 1.807) is 0 Å². The van der Waals surface area contributed by atoms with Gasteiger partial charge in [0.2, 0.25) is 20.0 Å². The lowest BCUT2D eigenvalue weighted by atomic mass is 10.2. The molecule has 1 aliphatic heterocycles. The van der Waals surface area contributed by atoms with Crippen LogP contribution in [0.2, 0.25) is 0 Å². The van der Waals surface area contributed by atoms with Crippen molar-refractivity contribution in [2.45, 2.75) is 29.1 Å². The normalized spacial score (nSPS) is 15.6. The molecule has 0 saturated carbocycles. The number of amides is 1. The van der Waals surface area contributed by atoms with Crippen molar-refractivity contribution < 1.29 is 26.4 Å². The number of nitrogens with one attached hydrogen (secondary N) is 2. The molecule has 1 saturated heterocycles. The van der Waals surface area contributed by atoms with Gasteiger partial charge in [0.1, 0.15) is 16.3 Å². The number of methoxy groups -OCH3 is 1. The van der Waals surface area contributed by atoms with Crippen LogP contribution in [0.4, 0.5) is 5.69 Å². The Hall–Kier alpha value is -2.41. The molecule has 1 aromatic heterocycles. The van der Waals surface area contributed by atoms with Crippen LogP contribution in [0.1, 0.15) is 29.8 Å². The predicted octanol–water partition coefficient (Wildman–Crippen LogP) is 1.37. The predicted molar refractivity (Wildman–Crippen MR) is 115 cm³/mol. The van der Waals surface area contributed by atoms with Crippen molar-refractivity contribution in [1.82, 2.24) is 13.6 Å². The van der Waals surface area contributed by atoms with Crippen LogP contribution in [0.25, 0.3) is 0 Å². The first kappa shape index (κ1) is 23.3. The molecule has 2 N–H and O–H groups in total. The molecule has 0 aliphatic carbocycles. The van der Waals surface area contributed by atoms with E-state index < -0.39 is 26.0 Å². The van der Waals surface area contributed by atoms with E-state index in [0.29, 0.717) is 13.1 Å². The summed E-state index contributed by atoms with van der Waals surface area (Å²) in [5, 5.41) is 2.63. The van der Waals surface area contributed by atoms with E-state index in [1.807, 2.05) is 0 Å². The van der Waals surface area contributed by atoms with E-state index in [0.717, 1.165) is 19.3 Å². The second-order valence-electron chi connectivity index (χ2n) is 7.16. The van der Waals surface area contributed by atoms with Crippen LogP contribution < -0.4 is 14.8 Å². The second kappa shape index (κ2) is 8.99. The monoisotopic (exact) mass is 470 g/mol. The minimum atomic E-state index is -3.72. The van der Waals surface area contributed by atoms with Gasteiger partial charge >= 0.3 is 0 Å². The molecule has 3 rings (SSSR count). The largest absolute Gasteiger partial charge is 0.495 e. The summed E-state index contributed by atoms with van der Waals surface area (Å²) >= 11 is 0. The third kappa shape index (κ3) is 4.76. The number of carbonyl (C=O) groups excluding carboxylic acids is 1. The van der Waals surface area contributed by atoms with Crippen molar-refractivity contribution in [2.24, 2.45) is 7.05 Å². The first-order chi connectivity index (χ1) is 14.6. The molecule has 0 bridgehead atoms. The Bertz CT molecular complexity index is 1180. The minimum Gasteiger partial charge on any atom is -0.495 e. The zero-order valence-electron chi connectivity index (χ0n) is 17.6. The van der Waals surface area contributed by atoms with E-state index in [9.17, 15) is 21.6 Å². The molecule has 0 radical (unpaired) electrons. The Labute approximate surface area is 182 Å². The van der Waals surface area contributed by atoms with Crippen molar-refractivity contribution in [3.05, 3.63) is 36.2 Å². The van der Waals surface area contributed by atoms with Crippen LogP contribution >= 0.6 is 0 Å². The fourth-order valence-electron chi connectivity index (χ4n) is 3.41. The number of carbonyl (C=O) groups is 1. The van der Waals surface area contributed by atoms with E-state index >= 15 is 0 Å². The summed E-state index contributed by atoms with van der Waals surface area (Å²) in [5.41, 5.74) is 0.255. The van der Waals surface area contributed by atoms with E-state index in [2.05, 4.69) is 10.0 Å². The zero-order chi connectivity index (χ0) is 22.8. The standard InChI is InChI=1S/C19H26N4O6S2/c1-20-30(25,26)15-12-17(22(2)13-15)19(24)21-16-11-14(7-8-18(16)29-3)31(27,28)23-9-5-4-6-10-23/h7-8,11-13,20H,4-6,9-10H2,1-3H3,(H,21,24). The molecule has 0 spiro atoms. The lowest BCUT2D eigenvalue weighted by Gasteiger charge is -2.26. The lowest BCUT2D eigenvalue weighted by molar-refractivity contribution is 0.101. The van der Waals surface area contributed by atoms with Gasteiger partial charge in [-0.05, 0) is 44.2 Å². The molecule has 1 aliphatic rings. The fourth-order valence-corrected chi connectivity index (χ4v) is 5.75. The van der Waals surface area contributed by atoms with Crippen molar-refractivity contribution in [1.29, 1.82) is 0 Å². The average molecular weight is 471 g/mol. The Morgan fingerprint density at radius 3 is 2.32 bits per heavy atom. The molecular weight excluding hydrogens is 444 g/mol. The highest BCUT2D eigenvalue weighted by Gasteiger charge is 2.27. The summed E-state index contributed by atoms with van der Waals surface area (Å²) in [5.74, 6) is -0.325. The van der Waals surface area contributed by atoms with Crippen LogP contribution in [0.5, 0.6) is 5.75 Å². The number of hydrogen-bond acceptors (Lipinski definition) is 6. The first-order valence-electron chi connectivity index (χ1n) is 9.69. The molecule has 0 unspecified atom stereocenters. The van der Waals surface area contributed by atoms with E-state index in [4.69, 9.17) is 4.74 Å². The Kier molecular flexibility index (Phi) is 6.74. The molecule has 31 heavy (non-hydrogen) atoms. The lowest BCUT2D eigenvalue weighted by Crippen LogP contribution is -2.35. The maximum atomic E-state index is 13.0. The van der Waals surface area contributed by atoms with Crippen LogP contribution in [-0.2, 0) is 27.1 Å². The fraction of sp³-hybridized carbons (Fsp3) is 0.421. The molecule has 10 nitrogen and oxygen atoms in total. The number of benzene rings is 1. The van der Waals surface area contributed by atoms with E-state index in [1.165, 1.54) is 60.5 Å². The topological polar surface area (TPSA) is 127 Å². The van der Waals surface area contributed by atoms with Crippen LogP contribution in [-0.4, -0.2) is 58.9 Å². The van der Waals surface area contributed by atoms with E-state index in [-0.39, 0.29) is 26.9 Å². The van der Waals surface area contributed by atoms with Gasteiger partial charge in [0.05, 0.1) is 17.7 Å². The number of anilines is 1. The Morgan fingerprint density at radius 1 is 1.03 bits per heavy atom. The molecule has 1 aromatic carbocycles. The van der Waals surface area contributed by atoms with Gasteiger partial charge in [-0.15, -0.1) is 0 Å². The summed E-state index contributed by atoms with van der Waals surface area (Å²) in [4.78, 5) is 12.8. The van der Waals surface area contributed by atoms with Crippen molar-refractivity contribution in [3.8, 4) is 5.75 Å². The number of ether oxygens (including phenoxy) is 1. The van der Waals surface area contributed by atoms with Gasteiger partial charge in [0.25, 0.3) is 5.91 Å². The number of piperidine rings is 1. The van der Waals surface area contributed by atoms with Gasteiger partial charge in [-0.25, -0.2) is 21.6 Å². The summed E-state index contributed by atoms with van der Waals surface area (Å²) in [6, 6.07) is 5.52. The van der Waals surface area contributed by atoms with Crippen molar-refractivity contribution >= 4 is 31.6 Å². The maximum absolute atomic E-state index is 13.0. The molecule has 2 aromatic rings. The summed E-state index contributed by atoms with van der Waals surface area (Å²) in [7, 11) is -3.20. The Morgan fingerprint density at radius 2 is 1.71 bits per heavy atom. The SMILES string of the molecule is CNS(=O)(=O)c1cc(C(=O)Nc2cc(S(=O)(=O)N3CCCCC3)ccc2OC)n(C)c1. The number of sulfonamides is 2. The number of nitrogens with zero attached hydrogens (tertiary/aromatic N) is 2. The van der Waals surface area contributed by atoms with Crippen molar-refractivity contribution in [3.63, 3.8) is 0 Å². The third-order valence-electron chi connectivity index (χ3n) is 5.16. The Balaban J connectivity index is 1.92. The van der Waals surface area contributed by atoms with Gasteiger partial charge in [0, 0.05) is 26.3 Å². The summed E-state index contributed by atoms with van der Waals surface area (Å²) in [6.45, 7) is 0.921. The highest BCUT2D eigenvalue weighted by molar-refractivity contribution is 7.89. The number of hydrogen-bond donors (Lipinski definition) is 2. The summed E-state index contributed by atoms with van der Waals surface area (Å²) in [6.07, 6.45) is 3.93. The smallest absolute Gasteiger partial charge is 0.272 e. The van der Waals surface area contributed by atoms with Crippen LogP contribution in [0, 0.1) is 0 Å². The highest BCUT2D eigenvalue weighted by atomic mass is 32.2. The molecule has 2 heterocycles. The van der Waals surface area contributed by atoms with Crippen molar-refractivity contribution in [2.75, 3.05) is 32.6 Å². The molecule has 1 fully saturated rings. The van der Waals surface area contributed by atoms with Gasteiger partial charge in [-0.2, -0.15) is 4.31 Å². The average Bonchev–Trinajstić information content (AvgIpc) is 3.17. The van der Waals surface area contributed by atoms with Crippen LogP contribution in [0.3, 0.4) is 0 Å². The number of rotatable bonds is 7. The molecule has 12 heteroatoms.